The molecule has 110 valence electrons. The van der Waals surface area contributed by atoms with E-state index in [1.54, 1.807) is 6.07 Å². The van der Waals surface area contributed by atoms with Gasteiger partial charge in [0.05, 0.1) is 0 Å². The number of aryl methyl sites for hydroxylation is 2. The van der Waals surface area contributed by atoms with E-state index in [2.05, 4.69) is 0 Å². The lowest BCUT2D eigenvalue weighted by Crippen LogP contribution is -2.15. The van der Waals surface area contributed by atoms with E-state index in [1.807, 2.05) is 19.1 Å². The summed E-state index contributed by atoms with van der Waals surface area (Å²) in [6.07, 6.45) is 2.79. The highest BCUT2D eigenvalue weighted by atomic mass is 19.2. The molecule has 0 nitrogen and oxygen atoms in total. The number of hydrogen-bond donors (Lipinski definition) is 0. The van der Waals surface area contributed by atoms with Gasteiger partial charge in [-0.05, 0) is 72.1 Å². The summed E-state index contributed by atoms with van der Waals surface area (Å²) in [7, 11) is 0. The SMILES string of the molecule is CCc1ccc(C2CCc3cc(F)c(F)cc3C2)c(F)c1. The van der Waals surface area contributed by atoms with E-state index in [0.29, 0.717) is 18.4 Å². The molecule has 0 heterocycles. The molecular formula is C18H17F3. The highest BCUT2D eigenvalue weighted by Crippen LogP contribution is 2.35. The van der Waals surface area contributed by atoms with Gasteiger partial charge in [-0.15, -0.1) is 0 Å². The molecule has 0 saturated carbocycles. The van der Waals surface area contributed by atoms with Crippen LogP contribution in [0.25, 0.3) is 0 Å². The van der Waals surface area contributed by atoms with Gasteiger partial charge in [-0.3, -0.25) is 0 Å². The molecule has 21 heavy (non-hydrogen) atoms. The van der Waals surface area contributed by atoms with E-state index in [-0.39, 0.29) is 11.7 Å². The van der Waals surface area contributed by atoms with Gasteiger partial charge in [0.25, 0.3) is 0 Å². The van der Waals surface area contributed by atoms with Crippen LogP contribution in [0, 0.1) is 17.5 Å². The molecule has 3 heteroatoms. The van der Waals surface area contributed by atoms with Crippen LogP contribution in [0.4, 0.5) is 13.2 Å². The van der Waals surface area contributed by atoms with E-state index < -0.39 is 11.6 Å². The molecule has 0 saturated heterocycles. The van der Waals surface area contributed by atoms with Gasteiger partial charge in [0, 0.05) is 0 Å². The zero-order valence-electron chi connectivity index (χ0n) is 11.9. The zero-order chi connectivity index (χ0) is 15.0. The highest BCUT2D eigenvalue weighted by molar-refractivity contribution is 5.36. The number of benzene rings is 2. The van der Waals surface area contributed by atoms with E-state index in [9.17, 15) is 13.2 Å². The average molecular weight is 290 g/mol. The fraction of sp³-hybridized carbons (Fsp3) is 0.333. The number of hydrogen-bond acceptors (Lipinski definition) is 0. The molecule has 0 spiro atoms. The first-order chi connectivity index (χ1) is 10.1. The predicted molar refractivity (Wildman–Crippen MR) is 76.9 cm³/mol. The average Bonchev–Trinajstić information content (AvgIpc) is 2.48. The zero-order valence-corrected chi connectivity index (χ0v) is 11.9. The molecule has 3 rings (SSSR count). The van der Waals surface area contributed by atoms with Crippen LogP contribution < -0.4 is 0 Å². The van der Waals surface area contributed by atoms with Crippen molar-refractivity contribution in [3.05, 3.63) is 70.0 Å². The number of halogens is 3. The molecule has 1 atom stereocenters. The van der Waals surface area contributed by atoms with Crippen molar-refractivity contribution in [2.75, 3.05) is 0 Å². The fourth-order valence-electron chi connectivity index (χ4n) is 3.14. The predicted octanol–water partition coefficient (Wildman–Crippen LogP) is 4.94. The maximum atomic E-state index is 14.2. The van der Waals surface area contributed by atoms with Crippen LogP contribution in [-0.2, 0) is 19.3 Å². The van der Waals surface area contributed by atoms with Gasteiger partial charge in [0.15, 0.2) is 11.6 Å². The monoisotopic (exact) mass is 290 g/mol. The topological polar surface area (TPSA) is 0 Å². The first-order valence-electron chi connectivity index (χ1n) is 7.33. The van der Waals surface area contributed by atoms with Crippen LogP contribution in [0.2, 0.25) is 0 Å². The van der Waals surface area contributed by atoms with Crippen molar-refractivity contribution >= 4 is 0 Å². The third-order valence-corrected chi connectivity index (χ3v) is 4.38. The Morgan fingerprint density at radius 1 is 0.952 bits per heavy atom. The Bertz CT molecular complexity index is 676. The summed E-state index contributed by atoms with van der Waals surface area (Å²) in [6.45, 7) is 1.99. The molecule has 0 aromatic heterocycles. The van der Waals surface area contributed by atoms with Gasteiger partial charge in [0.1, 0.15) is 5.82 Å². The van der Waals surface area contributed by atoms with Crippen molar-refractivity contribution in [3.8, 4) is 0 Å². The van der Waals surface area contributed by atoms with E-state index >= 15 is 0 Å². The minimum atomic E-state index is -0.823. The van der Waals surface area contributed by atoms with Crippen LogP contribution in [0.3, 0.4) is 0 Å². The summed E-state index contributed by atoms with van der Waals surface area (Å²) in [5.74, 6) is -1.78. The third-order valence-electron chi connectivity index (χ3n) is 4.38. The van der Waals surface area contributed by atoms with E-state index in [0.717, 1.165) is 29.5 Å². The van der Waals surface area contributed by atoms with Crippen molar-refractivity contribution in [3.63, 3.8) is 0 Å². The van der Waals surface area contributed by atoms with E-state index in [1.165, 1.54) is 12.1 Å². The number of fused-ring (bicyclic) bond motifs is 1. The minimum Gasteiger partial charge on any atom is -0.207 e. The Kier molecular flexibility index (Phi) is 3.75. The Balaban J connectivity index is 1.91. The Hall–Kier alpha value is -1.77. The standard InChI is InChI=1S/C18H17F3/c1-2-11-3-6-15(16(19)7-11)13-5-4-12-9-17(20)18(21)10-14(12)8-13/h3,6-7,9-10,13H,2,4-5,8H2,1H3. The van der Waals surface area contributed by atoms with Crippen LogP contribution in [0.1, 0.15) is 41.5 Å². The maximum Gasteiger partial charge on any atom is 0.159 e. The van der Waals surface area contributed by atoms with Crippen molar-refractivity contribution in [1.82, 2.24) is 0 Å². The maximum absolute atomic E-state index is 14.2. The molecule has 0 fully saturated rings. The Morgan fingerprint density at radius 3 is 2.33 bits per heavy atom. The molecule has 2 aromatic carbocycles. The van der Waals surface area contributed by atoms with Crippen molar-refractivity contribution in [2.45, 2.75) is 38.5 Å². The van der Waals surface area contributed by atoms with Crippen molar-refractivity contribution in [2.24, 2.45) is 0 Å². The molecule has 0 N–H and O–H groups in total. The Morgan fingerprint density at radius 2 is 1.67 bits per heavy atom. The normalized spacial score (nSPS) is 17.6. The molecular weight excluding hydrogens is 273 g/mol. The van der Waals surface area contributed by atoms with Gasteiger partial charge < -0.3 is 0 Å². The molecule has 0 aliphatic heterocycles. The summed E-state index contributed by atoms with van der Waals surface area (Å²) in [5, 5.41) is 0. The minimum absolute atomic E-state index is 0.0354. The molecule has 0 bridgehead atoms. The second-order valence-corrected chi connectivity index (χ2v) is 5.68. The molecule has 1 aliphatic rings. The largest absolute Gasteiger partial charge is 0.207 e. The van der Waals surface area contributed by atoms with Gasteiger partial charge in [0.2, 0.25) is 0 Å². The number of rotatable bonds is 2. The second kappa shape index (κ2) is 5.55. The lowest BCUT2D eigenvalue weighted by atomic mass is 9.79. The lowest BCUT2D eigenvalue weighted by molar-refractivity contribution is 0.492. The molecule has 0 radical (unpaired) electrons. The van der Waals surface area contributed by atoms with Crippen molar-refractivity contribution < 1.29 is 13.2 Å². The quantitative estimate of drug-likeness (QED) is 0.735. The Labute approximate surface area is 122 Å². The summed E-state index contributed by atoms with van der Waals surface area (Å²) in [6, 6.07) is 7.89. The second-order valence-electron chi connectivity index (χ2n) is 5.68. The summed E-state index contributed by atoms with van der Waals surface area (Å²) in [5.41, 5.74) is 3.29. The molecule has 0 amide bonds. The third kappa shape index (κ3) is 2.69. The van der Waals surface area contributed by atoms with Gasteiger partial charge in [-0.2, -0.15) is 0 Å². The van der Waals surface area contributed by atoms with Crippen molar-refractivity contribution in [1.29, 1.82) is 0 Å². The molecule has 2 aromatic rings. The first-order valence-corrected chi connectivity index (χ1v) is 7.33. The van der Waals surface area contributed by atoms with Crippen LogP contribution in [0.15, 0.2) is 30.3 Å². The van der Waals surface area contributed by atoms with Crippen LogP contribution in [-0.4, -0.2) is 0 Å². The van der Waals surface area contributed by atoms with Gasteiger partial charge >= 0.3 is 0 Å². The summed E-state index contributed by atoms with van der Waals surface area (Å²) >= 11 is 0. The van der Waals surface area contributed by atoms with Crippen LogP contribution in [0.5, 0.6) is 0 Å². The highest BCUT2D eigenvalue weighted by Gasteiger charge is 2.24. The molecule has 1 unspecified atom stereocenters. The lowest BCUT2D eigenvalue weighted by Gasteiger charge is -2.25. The van der Waals surface area contributed by atoms with Crippen LogP contribution >= 0.6 is 0 Å². The van der Waals surface area contributed by atoms with Gasteiger partial charge in [-0.25, -0.2) is 13.2 Å². The summed E-state index contributed by atoms with van der Waals surface area (Å²) in [4.78, 5) is 0. The van der Waals surface area contributed by atoms with E-state index in [4.69, 9.17) is 0 Å². The molecule has 1 aliphatic carbocycles. The smallest absolute Gasteiger partial charge is 0.159 e. The first kappa shape index (κ1) is 14.2. The van der Waals surface area contributed by atoms with Gasteiger partial charge in [-0.1, -0.05) is 19.1 Å². The fourth-order valence-corrected chi connectivity index (χ4v) is 3.14. The summed E-state index contributed by atoms with van der Waals surface area (Å²) < 4.78 is 40.8.